The van der Waals surface area contributed by atoms with Gasteiger partial charge in [-0.1, -0.05) is 11.6 Å². The molecule has 122 valence electrons. The monoisotopic (exact) mass is 328 g/mol. The van der Waals surface area contributed by atoms with Gasteiger partial charge in [0.25, 0.3) is 5.91 Å². The number of rotatable bonds is 6. The molecule has 0 aliphatic carbocycles. The van der Waals surface area contributed by atoms with E-state index in [1.165, 1.54) is 18.2 Å². The van der Waals surface area contributed by atoms with Gasteiger partial charge in [-0.15, -0.1) is 0 Å². The lowest BCUT2D eigenvalue weighted by atomic mass is 9.93. The molecule has 0 aromatic heterocycles. The molecule has 1 amide bonds. The van der Waals surface area contributed by atoms with Crippen molar-refractivity contribution in [3.8, 4) is 5.75 Å². The molecule has 22 heavy (non-hydrogen) atoms. The second kappa shape index (κ2) is 8.34. The average Bonchev–Trinajstić information content (AvgIpc) is 2.54. The molecule has 0 bridgehead atoms. The van der Waals surface area contributed by atoms with Crippen LogP contribution in [0.2, 0.25) is 5.02 Å². The molecule has 1 N–H and O–H groups in total. The molecule has 1 heterocycles. The molecule has 6 heteroatoms. The minimum absolute atomic E-state index is 0.00435. The number of nitrogens with one attached hydrogen (secondary N) is 1. The zero-order valence-corrected chi connectivity index (χ0v) is 13.5. The Balaban J connectivity index is 1.75. The van der Waals surface area contributed by atoms with Crippen molar-refractivity contribution < 1.29 is 13.9 Å². The van der Waals surface area contributed by atoms with Crippen LogP contribution in [-0.4, -0.2) is 44.1 Å². The van der Waals surface area contributed by atoms with Gasteiger partial charge in [-0.05, 0) is 50.9 Å². The highest BCUT2D eigenvalue weighted by Gasteiger charge is 2.22. The summed E-state index contributed by atoms with van der Waals surface area (Å²) in [6.45, 7) is 2.54. The number of hydrogen-bond donors (Lipinski definition) is 1. The van der Waals surface area contributed by atoms with E-state index in [2.05, 4.69) is 5.32 Å². The largest absolute Gasteiger partial charge is 0.484 e. The third kappa shape index (κ3) is 4.85. The molecular formula is C16H22ClFN2O2. The van der Waals surface area contributed by atoms with Gasteiger partial charge >= 0.3 is 0 Å². The SMILES string of the molecule is CNCCC1CCN(C(=O)COc2ccc(F)c(Cl)c2)CC1. The second-order valence-electron chi connectivity index (χ2n) is 5.58. The third-order valence-corrected chi connectivity index (χ3v) is 4.31. The second-order valence-corrected chi connectivity index (χ2v) is 5.99. The summed E-state index contributed by atoms with van der Waals surface area (Å²) in [5.41, 5.74) is 0. The van der Waals surface area contributed by atoms with Gasteiger partial charge in [0, 0.05) is 19.2 Å². The summed E-state index contributed by atoms with van der Waals surface area (Å²) in [4.78, 5) is 14.0. The molecule has 1 aromatic carbocycles. The lowest BCUT2D eigenvalue weighted by molar-refractivity contribution is -0.134. The topological polar surface area (TPSA) is 41.6 Å². The van der Waals surface area contributed by atoms with Crippen LogP contribution < -0.4 is 10.1 Å². The summed E-state index contributed by atoms with van der Waals surface area (Å²) < 4.78 is 18.4. The average molecular weight is 329 g/mol. The van der Waals surface area contributed by atoms with Crippen LogP contribution in [0.25, 0.3) is 0 Å². The van der Waals surface area contributed by atoms with E-state index in [-0.39, 0.29) is 17.5 Å². The van der Waals surface area contributed by atoms with E-state index in [0.717, 1.165) is 38.9 Å². The molecule has 0 atom stereocenters. The van der Waals surface area contributed by atoms with Crippen molar-refractivity contribution in [3.05, 3.63) is 29.0 Å². The van der Waals surface area contributed by atoms with Crippen LogP contribution in [-0.2, 0) is 4.79 Å². The molecule has 2 rings (SSSR count). The van der Waals surface area contributed by atoms with Crippen molar-refractivity contribution in [2.24, 2.45) is 5.92 Å². The summed E-state index contributed by atoms with van der Waals surface area (Å²) in [6.07, 6.45) is 3.23. The molecule has 0 radical (unpaired) electrons. The number of likely N-dealkylation sites (tertiary alicyclic amines) is 1. The van der Waals surface area contributed by atoms with Crippen molar-refractivity contribution >= 4 is 17.5 Å². The molecule has 0 unspecified atom stereocenters. The Morgan fingerprint density at radius 3 is 2.82 bits per heavy atom. The minimum atomic E-state index is -0.496. The zero-order valence-electron chi connectivity index (χ0n) is 12.8. The Bertz CT molecular complexity index is 505. The van der Waals surface area contributed by atoms with E-state index in [1.807, 2.05) is 11.9 Å². The number of benzene rings is 1. The molecule has 1 fully saturated rings. The normalized spacial score (nSPS) is 15.9. The number of ether oxygens (including phenoxy) is 1. The van der Waals surface area contributed by atoms with Crippen LogP contribution in [0.3, 0.4) is 0 Å². The molecule has 1 aliphatic heterocycles. The Morgan fingerprint density at radius 2 is 2.18 bits per heavy atom. The number of amides is 1. The van der Waals surface area contributed by atoms with E-state index < -0.39 is 5.82 Å². The van der Waals surface area contributed by atoms with Crippen molar-refractivity contribution in [1.82, 2.24) is 10.2 Å². The first kappa shape index (κ1) is 17.0. The van der Waals surface area contributed by atoms with E-state index in [1.54, 1.807) is 0 Å². The maximum absolute atomic E-state index is 13.0. The predicted octanol–water partition coefficient (Wildman–Crippen LogP) is 2.71. The molecule has 4 nitrogen and oxygen atoms in total. The van der Waals surface area contributed by atoms with Gasteiger partial charge in [0.1, 0.15) is 11.6 Å². The van der Waals surface area contributed by atoms with E-state index in [9.17, 15) is 9.18 Å². The van der Waals surface area contributed by atoms with Crippen molar-refractivity contribution in [2.45, 2.75) is 19.3 Å². The first-order valence-electron chi connectivity index (χ1n) is 7.60. The van der Waals surface area contributed by atoms with Gasteiger partial charge in [-0.25, -0.2) is 4.39 Å². The number of piperidine rings is 1. The van der Waals surface area contributed by atoms with Crippen LogP contribution in [0.1, 0.15) is 19.3 Å². The van der Waals surface area contributed by atoms with Gasteiger partial charge in [0.2, 0.25) is 0 Å². The summed E-state index contributed by atoms with van der Waals surface area (Å²) in [5.74, 6) is 0.563. The molecule has 1 aliphatic rings. The number of nitrogens with zero attached hydrogens (tertiary/aromatic N) is 1. The molecule has 1 saturated heterocycles. The van der Waals surface area contributed by atoms with Crippen LogP contribution in [0.4, 0.5) is 4.39 Å². The highest BCUT2D eigenvalue weighted by molar-refractivity contribution is 6.30. The minimum Gasteiger partial charge on any atom is -0.484 e. The fourth-order valence-electron chi connectivity index (χ4n) is 2.62. The number of carbonyl (C=O) groups is 1. The molecule has 0 spiro atoms. The number of halogens is 2. The zero-order chi connectivity index (χ0) is 15.9. The number of carbonyl (C=O) groups excluding carboxylic acids is 1. The summed E-state index contributed by atoms with van der Waals surface area (Å²) in [5, 5.41) is 3.15. The van der Waals surface area contributed by atoms with Crippen LogP contribution >= 0.6 is 11.6 Å². The van der Waals surface area contributed by atoms with Crippen molar-refractivity contribution in [1.29, 1.82) is 0 Å². The Labute approximate surface area is 135 Å². The summed E-state index contributed by atoms with van der Waals surface area (Å²) in [7, 11) is 1.96. The summed E-state index contributed by atoms with van der Waals surface area (Å²) >= 11 is 5.68. The van der Waals surface area contributed by atoms with Crippen LogP contribution in [0, 0.1) is 11.7 Å². The maximum Gasteiger partial charge on any atom is 0.260 e. The fourth-order valence-corrected chi connectivity index (χ4v) is 2.79. The smallest absolute Gasteiger partial charge is 0.260 e. The van der Waals surface area contributed by atoms with Crippen molar-refractivity contribution in [2.75, 3.05) is 33.3 Å². The first-order valence-corrected chi connectivity index (χ1v) is 7.98. The molecule has 0 saturated carbocycles. The molecular weight excluding hydrogens is 307 g/mol. The first-order chi connectivity index (χ1) is 10.6. The Hall–Kier alpha value is -1.33. The van der Waals surface area contributed by atoms with Gasteiger partial charge in [-0.2, -0.15) is 0 Å². The standard InChI is InChI=1S/C16H22ClFN2O2/c1-19-7-4-12-5-8-20(9-6-12)16(21)11-22-13-2-3-15(18)14(17)10-13/h2-3,10,12,19H,4-9,11H2,1H3. The quantitative estimate of drug-likeness (QED) is 0.873. The highest BCUT2D eigenvalue weighted by Crippen LogP contribution is 2.22. The van der Waals surface area contributed by atoms with E-state index in [0.29, 0.717) is 11.7 Å². The lowest BCUT2D eigenvalue weighted by Crippen LogP contribution is -2.41. The predicted molar refractivity (Wildman–Crippen MR) is 84.8 cm³/mol. The number of hydrogen-bond acceptors (Lipinski definition) is 3. The van der Waals surface area contributed by atoms with Crippen LogP contribution in [0.15, 0.2) is 18.2 Å². The molecule has 1 aromatic rings. The lowest BCUT2D eigenvalue weighted by Gasteiger charge is -2.32. The van der Waals surface area contributed by atoms with Gasteiger partial charge in [0.15, 0.2) is 6.61 Å². The van der Waals surface area contributed by atoms with E-state index >= 15 is 0 Å². The van der Waals surface area contributed by atoms with Gasteiger partial charge < -0.3 is 15.0 Å². The Kier molecular flexibility index (Phi) is 6.46. The van der Waals surface area contributed by atoms with Crippen molar-refractivity contribution in [3.63, 3.8) is 0 Å². The Morgan fingerprint density at radius 1 is 1.45 bits per heavy atom. The third-order valence-electron chi connectivity index (χ3n) is 4.02. The maximum atomic E-state index is 13.0. The van der Waals surface area contributed by atoms with Crippen LogP contribution in [0.5, 0.6) is 5.75 Å². The van der Waals surface area contributed by atoms with Gasteiger partial charge in [-0.3, -0.25) is 4.79 Å². The van der Waals surface area contributed by atoms with E-state index in [4.69, 9.17) is 16.3 Å². The fraction of sp³-hybridized carbons (Fsp3) is 0.562. The highest BCUT2D eigenvalue weighted by atomic mass is 35.5. The summed E-state index contributed by atoms with van der Waals surface area (Å²) in [6, 6.07) is 4.09. The van der Waals surface area contributed by atoms with Gasteiger partial charge in [0.05, 0.1) is 5.02 Å².